The van der Waals surface area contributed by atoms with Gasteiger partial charge in [0.1, 0.15) is 5.58 Å². The Morgan fingerprint density at radius 1 is 0.538 bits per heavy atom. The second-order valence-corrected chi connectivity index (χ2v) is 13.5. The SMILES string of the molecule is C1=Cc2cc(-c3nc(-c4ccccc4)nc(-c4cccc5oc6c(-n7c8ccccc8c8cc9ccccc9cc87)cccc6c45)n3)ccc2CC1. The molecule has 0 aliphatic heterocycles. The van der Waals surface area contributed by atoms with Gasteiger partial charge in [0.05, 0.1) is 16.7 Å². The molecule has 10 aromatic rings. The van der Waals surface area contributed by atoms with Crippen LogP contribution in [0, 0.1) is 0 Å². The van der Waals surface area contributed by atoms with E-state index in [2.05, 4.69) is 120 Å². The summed E-state index contributed by atoms with van der Waals surface area (Å²) in [6.07, 6.45) is 6.56. The summed E-state index contributed by atoms with van der Waals surface area (Å²) in [4.78, 5) is 15.3. The fourth-order valence-electron chi connectivity index (χ4n) is 8.02. The molecule has 0 spiro atoms. The third-order valence-electron chi connectivity index (χ3n) is 10.5. The third-order valence-corrected chi connectivity index (χ3v) is 10.5. The van der Waals surface area contributed by atoms with Gasteiger partial charge in [0.2, 0.25) is 0 Å². The van der Waals surface area contributed by atoms with E-state index in [4.69, 9.17) is 19.4 Å². The molecule has 3 heterocycles. The highest BCUT2D eigenvalue weighted by atomic mass is 16.3. The van der Waals surface area contributed by atoms with Crippen molar-refractivity contribution in [3.05, 3.63) is 163 Å². The van der Waals surface area contributed by atoms with E-state index in [1.54, 1.807) is 0 Å². The first-order chi connectivity index (χ1) is 25.8. The molecule has 52 heavy (non-hydrogen) atoms. The van der Waals surface area contributed by atoms with Gasteiger partial charge in [0.15, 0.2) is 23.1 Å². The summed E-state index contributed by atoms with van der Waals surface area (Å²) in [5, 5.41) is 6.84. The Kier molecular flexibility index (Phi) is 6.31. The van der Waals surface area contributed by atoms with E-state index >= 15 is 0 Å². The van der Waals surface area contributed by atoms with Crippen LogP contribution in [0.5, 0.6) is 0 Å². The normalized spacial score (nSPS) is 12.8. The molecule has 3 aromatic heterocycles. The quantitative estimate of drug-likeness (QED) is 0.188. The van der Waals surface area contributed by atoms with Crippen LogP contribution >= 0.6 is 0 Å². The Balaban J connectivity index is 1.16. The van der Waals surface area contributed by atoms with Crippen LogP contribution < -0.4 is 0 Å². The Morgan fingerprint density at radius 3 is 2.19 bits per heavy atom. The molecule has 0 amide bonds. The fraction of sp³-hybridized carbons (Fsp3) is 0.0426. The number of rotatable bonds is 4. The second-order valence-electron chi connectivity index (χ2n) is 13.5. The van der Waals surface area contributed by atoms with Gasteiger partial charge in [-0.2, -0.15) is 0 Å². The molecule has 7 aromatic carbocycles. The molecule has 1 aliphatic rings. The van der Waals surface area contributed by atoms with Crippen LogP contribution in [0.2, 0.25) is 0 Å². The number of aryl methyl sites for hydroxylation is 1. The lowest BCUT2D eigenvalue weighted by molar-refractivity contribution is 0.666. The van der Waals surface area contributed by atoms with Gasteiger partial charge in [-0.3, -0.25) is 0 Å². The molecule has 5 nitrogen and oxygen atoms in total. The van der Waals surface area contributed by atoms with Crippen molar-refractivity contribution < 1.29 is 4.42 Å². The van der Waals surface area contributed by atoms with Gasteiger partial charge in [-0.15, -0.1) is 0 Å². The topological polar surface area (TPSA) is 56.7 Å². The van der Waals surface area contributed by atoms with Gasteiger partial charge in [-0.1, -0.05) is 121 Å². The lowest BCUT2D eigenvalue weighted by Crippen LogP contribution is -2.01. The lowest BCUT2D eigenvalue weighted by atomic mass is 9.95. The summed E-state index contributed by atoms with van der Waals surface area (Å²) in [6, 6.07) is 51.1. The average Bonchev–Trinajstić information content (AvgIpc) is 3.75. The molecule has 244 valence electrons. The van der Waals surface area contributed by atoms with E-state index in [-0.39, 0.29) is 0 Å². The number of benzene rings is 7. The maximum absolute atomic E-state index is 6.85. The molecule has 0 saturated heterocycles. The first kappa shape index (κ1) is 28.9. The molecule has 0 bridgehead atoms. The van der Waals surface area contributed by atoms with Crippen LogP contribution in [0.4, 0.5) is 0 Å². The molecule has 0 atom stereocenters. The van der Waals surface area contributed by atoms with Gasteiger partial charge >= 0.3 is 0 Å². The van der Waals surface area contributed by atoms with Gasteiger partial charge in [0.25, 0.3) is 0 Å². The average molecular weight is 667 g/mol. The highest BCUT2D eigenvalue weighted by molar-refractivity contribution is 6.17. The van der Waals surface area contributed by atoms with E-state index in [1.165, 1.54) is 32.7 Å². The number of furan rings is 1. The summed E-state index contributed by atoms with van der Waals surface area (Å²) >= 11 is 0. The number of para-hydroxylation sites is 2. The molecule has 11 rings (SSSR count). The monoisotopic (exact) mass is 666 g/mol. The Labute approximate surface area is 299 Å². The first-order valence-electron chi connectivity index (χ1n) is 17.8. The number of allylic oxidation sites excluding steroid dienone is 1. The van der Waals surface area contributed by atoms with Crippen molar-refractivity contribution in [3.8, 4) is 39.9 Å². The van der Waals surface area contributed by atoms with E-state index in [0.29, 0.717) is 17.5 Å². The van der Waals surface area contributed by atoms with Crippen LogP contribution in [-0.4, -0.2) is 19.5 Å². The Bertz CT molecular complexity index is 3080. The van der Waals surface area contributed by atoms with Crippen molar-refractivity contribution in [2.75, 3.05) is 0 Å². The van der Waals surface area contributed by atoms with Gasteiger partial charge < -0.3 is 8.98 Å². The largest absolute Gasteiger partial charge is 0.454 e. The van der Waals surface area contributed by atoms with Crippen LogP contribution in [0.3, 0.4) is 0 Å². The van der Waals surface area contributed by atoms with Gasteiger partial charge in [-0.05, 0) is 71.1 Å². The third kappa shape index (κ3) is 4.46. The molecule has 5 heteroatoms. The number of hydrogen-bond donors (Lipinski definition) is 0. The van der Waals surface area contributed by atoms with Crippen molar-refractivity contribution in [1.29, 1.82) is 0 Å². The molecule has 1 aliphatic carbocycles. The number of aromatic nitrogens is 4. The Hall–Kier alpha value is -6.85. The van der Waals surface area contributed by atoms with Crippen molar-refractivity contribution in [1.82, 2.24) is 19.5 Å². The minimum Gasteiger partial charge on any atom is -0.454 e. The van der Waals surface area contributed by atoms with E-state index in [1.807, 2.05) is 42.5 Å². The predicted molar refractivity (Wildman–Crippen MR) is 213 cm³/mol. The Morgan fingerprint density at radius 2 is 1.29 bits per heavy atom. The summed E-state index contributed by atoms with van der Waals surface area (Å²) in [5.41, 5.74) is 10.3. The molecule has 0 saturated carbocycles. The zero-order chi connectivity index (χ0) is 34.2. The first-order valence-corrected chi connectivity index (χ1v) is 17.8. The minimum absolute atomic E-state index is 0.610. The van der Waals surface area contributed by atoms with E-state index < -0.39 is 0 Å². The van der Waals surface area contributed by atoms with Crippen LogP contribution in [0.15, 0.2) is 156 Å². The van der Waals surface area contributed by atoms with Gasteiger partial charge in [0, 0.05) is 38.2 Å². The second kappa shape index (κ2) is 11.3. The fourth-order valence-corrected chi connectivity index (χ4v) is 8.02. The highest BCUT2D eigenvalue weighted by Gasteiger charge is 2.22. The van der Waals surface area contributed by atoms with Crippen molar-refractivity contribution in [2.45, 2.75) is 12.8 Å². The van der Waals surface area contributed by atoms with E-state index in [9.17, 15) is 0 Å². The molecule has 0 fully saturated rings. The van der Waals surface area contributed by atoms with E-state index in [0.717, 1.165) is 68.2 Å². The molecule has 0 N–H and O–H groups in total. The molecular weight excluding hydrogens is 637 g/mol. The lowest BCUT2D eigenvalue weighted by Gasteiger charge is -2.13. The summed E-state index contributed by atoms with van der Waals surface area (Å²) < 4.78 is 9.20. The summed E-state index contributed by atoms with van der Waals surface area (Å²) in [7, 11) is 0. The maximum Gasteiger partial charge on any atom is 0.164 e. The molecule has 0 unspecified atom stereocenters. The summed E-state index contributed by atoms with van der Waals surface area (Å²) in [5.74, 6) is 1.89. The smallest absolute Gasteiger partial charge is 0.164 e. The zero-order valence-electron chi connectivity index (χ0n) is 28.1. The van der Waals surface area contributed by atoms with Crippen molar-refractivity contribution in [2.24, 2.45) is 0 Å². The maximum atomic E-state index is 6.85. The minimum atomic E-state index is 0.610. The number of hydrogen-bond acceptors (Lipinski definition) is 4. The predicted octanol–water partition coefficient (Wildman–Crippen LogP) is 12.0. The van der Waals surface area contributed by atoms with Crippen molar-refractivity contribution >= 4 is 60.6 Å². The summed E-state index contributed by atoms with van der Waals surface area (Å²) in [6.45, 7) is 0. The standard InChI is InChI=1S/C47H30N4O/c1-2-13-30(14-3-1)45-48-46(34-25-24-29-12-4-5-15-31(29)26-34)50-47(49-45)37-20-11-23-42-43(37)36-19-10-22-40(44(36)52-42)51-39-21-9-8-18-35(39)38-27-32-16-6-7-17-33(32)28-41(38)51/h1-3,5-11,13-28H,4,12H2. The van der Waals surface area contributed by atoms with Crippen LogP contribution in [-0.2, 0) is 6.42 Å². The molecule has 0 radical (unpaired) electrons. The van der Waals surface area contributed by atoms with Gasteiger partial charge in [-0.25, -0.2) is 15.0 Å². The van der Waals surface area contributed by atoms with Crippen LogP contribution in [0.25, 0.3) is 100 Å². The number of nitrogens with zero attached hydrogens (tertiary/aromatic N) is 4. The highest BCUT2D eigenvalue weighted by Crippen LogP contribution is 2.42. The zero-order valence-corrected chi connectivity index (χ0v) is 28.1. The molecular formula is C47H30N4O. The number of fused-ring (bicyclic) bond motifs is 8. The van der Waals surface area contributed by atoms with Crippen LogP contribution in [0.1, 0.15) is 17.5 Å². The van der Waals surface area contributed by atoms with Crippen molar-refractivity contribution in [3.63, 3.8) is 0 Å².